The molecule has 2 aromatic rings. The summed E-state index contributed by atoms with van der Waals surface area (Å²) in [6.07, 6.45) is 0. The molecule has 4 heteroatoms. The second-order valence-corrected chi connectivity index (χ2v) is 4.63. The molecular formula is C12H11IN2O. The van der Waals surface area contributed by atoms with Crippen molar-refractivity contribution in [2.24, 2.45) is 0 Å². The van der Waals surface area contributed by atoms with Gasteiger partial charge in [0.1, 0.15) is 5.75 Å². The minimum atomic E-state index is 0.404. The van der Waals surface area contributed by atoms with Crippen LogP contribution in [-0.4, -0.2) is 9.97 Å². The number of ether oxygens (including phenoxy) is 1. The lowest BCUT2D eigenvalue weighted by Crippen LogP contribution is -1.96. The molecule has 0 amide bonds. The molecule has 0 aliphatic heterocycles. The zero-order chi connectivity index (χ0) is 11.5. The van der Waals surface area contributed by atoms with E-state index in [9.17, 15) is 0 Å². The number of nitrogens with zero attached hydrogens (tertiary/aromatic N) is 2. The van der Waals surface area contributed by atoms with Crippen LogP contribution in [0.3, 0.4) is 0 Å². The highest BCUT2D eigenvalue weighted by Crippen LogP contribution is 2.24. The molecule has 82 valence electrons. The maximum Gasteiger partial charge on any atom is 0.322 e. The molecule has 0 spiro atoms. The van der Waals surface area contributed by atoms with E-state index >= 15 is 0 Å². The molecule has 3 nitrogen and oxygen atoms in total. The van der Waals surface area contributed by atoms with Gasteiger partial charge >= 0.3 is 6.01 Å². The molecule has 0 bridgehead atoms. The first-order valence-corrected chi connectivity index (χ1v) is 5.98. The van der Waals surface area contributed by atoms with Crippen LogP contribution in [0.5, 0.6) is 11.8 Å². The van der Waals surface area contributed by atoms with Gasteiger partial charge in [0.25, 0.3) is 0 Å². The summed E-state index contributed by atoms with van der Waals surface area (Å²) < 4.78 is 6.69. The van der Waals surface area contributed by atoms with Crippen LogP contribution in [0.4, 0.5) is 0 Å². The molecule has 2 rings (SSSR count). The normalized spacial score (nSPS) is 10.2. The Hall–Kier alpha value is -1.17. The van der Waals surface area contributed by atoms with Crippen LogP contribution >= 0.6 is 22.6 Å². The summed E-state index contributed by atoms with van der Waals surface area (Å²) in [5, 5.41) is 0. The van der Waals surface area contributed by atoms with E-state index in [1.54, 1.807) is 0 Å². The average molecular weight is 326 g/mol. The third-order valence-electron chi connectivity index (χ3n) is 2.00. The number of hydrogen-bond donors (Lipinski definition) is 0. The van der Waals surface area contributed by atoms with E-state index in [1.165, 1.54) is 0 Å². The second-order valence-electron chi connectivity index (χ2n) is 3.47. The van der Waals surface area contributed by atoms with E-state index in [4.69, 9.17) is 4.74 Å². The summed E-state index contributed by atoms with van der Waals surface area (Å²) >= 11 is 2.22. The van der Waals surface area contributed by atoms with Crippen molar-refractivity contribution in [2.45, 2.75) is 13.8 Å². The van der Waals surface area contributed by atoms with Crippen molar-refractivity contribution in [3.8, 4) is 11.8 Å². The first-order chi connectivity index (χ1) is 7.65. The average Bonchev–Trinajstić information content (AvgIpc) is 2.20. The highest BCUT2D eigenvalue weighted by Gasteiger charge is 2.04. The molecule has 0 aliphatic rings. The van der Waals surface area contributed by atoms with Gasteiger partial charge in [-0.15, -0.1) is 0 Å². The molecule has 0 saturated heterocycles. The topological polar surface area (TPSA) is 35.0 Å². The first-order valence-electron chi connectivity index (χ1n) is 4.90. The van der Waals surface area contributed by atoms with Crippen molar-refractivity contribution in [1.29, 1.82) is 0 Å². The Bertz CT molecular complexity index is 494. The van der Waals surface area contributed by atoms with Gasteiger partial charge in [-0.05, 0) is 54.6 Å². The van der Waals surface area contributed by atoms with Crippen molar-refractivity contribution in [3.63, 3.8) is 0 Å². The molecule has 0 atom stereocenters. The molecule has 1 heterocycles. The fraction of sp³-hybridized carbons (Fsp3) is 0.167. The number of rotatable bonds is 2. The molecule has 0 radical (unpaired) electrons. The smallest absolute Gasteiger partial charge is 0.322 e. The number of halogens is 1. The van der Waals surface area contributed by atoms with Crippen LogP contribution < -0.4 is 4.74 Å². The van der Waals surface area contributed by atoms with Crippen LogP contribution in [0.2, 0.25) is 0 Å². The number of benzene rings is 1. The summed E-state index contributed by atoms with van der Waals surface area (Å²) in [5.74, 6) is 0.785. The Morgan fingerprint density at radius 3 is 2.31 bits per heavy atom. The Morgan fingerprint density at radius 1 is 1.06 bits per heavy atom. The van der Waals surface area contributed by atoms with Crippen LogP contribution in [0.1, 0.15) is 11.4 Å². The lowest BCUT2D eigenvalue weighted by Gasteiger charge is -2.06. The van der Waals surface area contributed by atoms with Crippen molar-refractivity contribution >= 4 is 22.6 Å². The van der Waals surface area contributed by atoms with Gasteiger partial charge in [-0.25, -0.2) is 9.97 Å². The van der Waals surface area contributed by atoms with Crippen molar-refractivity contribution < 1.29 is 4.74 Å². The van der Waals surface area contributed by atoms with Gasteiger partial charge in [0.2, 0.25) is 0 Å². The van der Waals surface area contributed by atoms with Crippen LogP contribution in [0, 0.1) is 17.4 Å². The van der Waals surface area contributed by atoms with Crippen LogP contribution in [-0.2, 0) is 0 Å². The molecule has 1 aromatic carbocycles. The van der Waals surface area contributed by atoms with Gasteiger partial charge in [-0.2, -0.15) is 0 Å². The maximum atomic E-state index is 5.64. The molecule has 0 N–H and O–H groups in total. The van der Waals surface area contributed by atoms with E-state index in [2.05, 4.69) is 32.6 Å². The van der Waals surface area contributed by atoms with Gasteiger partial charge in [0.05, 0.1) is 3.57 Å². The summed E-state index contributed by atoms with van der Waals surface area (Å²) in [5.41, 5.74) is 1.82. The molecule has 16 heavy (non-hydrogen) atoms. The maximum absolute atomic E-state index is 5.64. The second kappa shape index (κ2) is 4.78. The lowest BCUT2D eigenvalue weighted by molar-refractivity contribution is 0.436. The number of aromatic nitrogens is 2. The summed E-state index contributed by atoms with van der Waals surface area (Å²) in [6, 6.07) is 10.1. The Balaban J connectivity index is 2.30. The van der Waals surface area contributed by atoms with Crippen molar-refractivity contribution in [2.75, 3.05) is 0 Å². The largest absolute Gasteiger partial charge is 0.423 e. The van der Waals surface area contributed by atoms with E-state index in [0.29, 0.717) is 6.01 Å². The number of para-hydroxylation sites is 1. The van der Waals surface area contributed by atoms with E-state index in [0.717, 1.165) is 20.7 Å². The van der Waals surface area contributed by atoms with Crippen molar-refractivity contribution in [3.05, 3.63) is 45.3 Å². The van der Waals surface area contributed by atoms with Crippen molar-refractivity contribution in [1.82, 2.24) is 9.97 Å². The molecule has 0 saturated carbocycles. The lowest BCUT2D eigenvalue weighted by atomic mass is 10.3. The minimum Gasteiger partial charge on any atom is -0.423 e. The summed E-state index contributed by atoms with van der Waals surface area (Å²) in [6.45, 7) is 3.86. The third-order valence-corrected chi connectivity index (χ3v) is 2.89. The molecule has 1 aromatic heterocycles. The summed E-state index contributed by atoms with van der Waals surface area (Å²) in [7, 11) is 0. The highest BCUT2D eigenvalue weighted by molar-refractivity contribution is 14.1. The molecule has 0 unspecified atom stereocenters. The molecule has 0 fully saturated rings. The number of hydrogen-bond acceptors (Lipinski definition) is 3. The van der Waals surface area contributed by atoms with Crippen LogP contribution in [0.25, 0.3) is 0 Å². The predicted octanol–water partition coefficient (Wildman–Crippen LogP) is 3.49. The van der Waals surface area contributed by atoms with Gasteiger partial charge < -0.3 is 4.74 Å². The standard InChI is InChI=1S/C12H11IN2O/c1-8-7-9(2)15-12(14-8)16-11-6-4-3-5-10(11)13/h3-7H,1-2H3. The molecule has 0 aliphatic carbocycles. The van der Waals surface area contributed by atoms with E-state index in [-0.39, 0.29) is 0 Å². The van der Waals surface area contributed by atoms with Gasteiger partial charge in [-0.3, -0.25) is 0 Å². The number of aryl methyl sites for hydroxylation is 2. The van der Waals surface area contributed by atoms with E-state index < -0.39 is 0 Å². The zero-order valence-electron chi connectivity index (χ0n) is 9.07. The van der Waals surface area contributed by atoms with Crippen LogP contribution in [0.15, 0.2) is 30.3 Å². The Labute approximate surface area is 108 Å². The van der Waals surface area contributed by atoms with Gasteiger partial charge in [0.15, 0.2) is 0 Å². The Kier molecular flexibility index (Phi) is 3.38. The third kappa shape index (κ3) is 2.69. The minimum absolute atomic E-state index is 0.404. The quantitative estimate of drug-likeness (QED) is 0.793. The van der Waals surface area contributed by atoms with Gasteiger partial charge in [-0.1, -0.05) is 12.1 Å². The fourth-order valence-electron chi connectivity index (χ4n) is 1.37. The fourth-order valence-corrected chi connectivity index (χ4v) is 1.86. The zero-order valence-corrected chi connectivity index (χ0v) is 11.2. The molecular weight excluding hydrogens is 315 g/mol. The predicted molar refractivity (Wildman–Crippen MR) is 70.7 cm³/mol. The SMILES string of the molecule is Cc1cc(C)nc(Oc2ccccc2I)n1. The van der Waals surface area contributed by atoms with Gasteiger partial charge in [0, 0.05) is 11.4 Å². The Morgan fingerprint density at radius 2 is 1.69 bits per heavy atom. The first kappa shape index (κ1) is 11.3. The van der Waals surface area contributed by atoms with E-state index in [1.807, 2.05) is 44.2 Å². The summed E-state index contributed by atoms with van der Waals surface area (Å²) in [4.78, 5) is 8.47. The monoisotopic (exact) mass is 326 g/mol. The highest BCUT2D eigenvalue weighted by atomic mass is 127.